The maximum Gasteiger partial charge on any atom is 0.272 e. The molecule has 7 heteroatoms. The van der Waals surface area contributed by atoms with Gasteiger partial charge in [-0.05, 0) is 26.1 Å². The van der Waals surface area contributed by atoms with Crippen LogP contribution >= 0.6 is 12.2 Å². The lowest BCUT2D eigenvalue weighted by Crippen LogP contribution is -2.29. The van der Waals surface area contributed by atoms with Gasteiger partial charge >= 0.3 is 0 Å². The van der Waals surface area contributed by atoms with Gasteiger partial charge in [0.15, 0.2) is 5.11 Å². The molecule has 1 aromatic rings. The van der Waals surface area contributed by atoms with E-state index in [4.69, 9.17) is 12.2 Å². The van der Waals surface area contributed by atoms with Crippen LogP contribution in [0.25, 0.3) is 0 Å². The second-order valence-corrected chi connectivity index (χ2v) is 4.05. The highest BCUT2D eigenvalue weighted by atomic mass is 32.1. The quantitative estimate of drug-likeness (QED) is 0.377. The first-order valence-electron chi connectivity index (χ1n) is 5.23. The molecule has 6 nitrogen and oxygen atoms in total. The average molecular weight is 266 g/mol. The smallest absolute Gasteiger partial charge is 0.272 e. The van der Waals surface area contributed by atoms with Gasteiger partial charge in [0.05, 0.1) is 10.6 Å². The van der Waals surface area contributed by atoms with Crippen LogP contribution in [0.5, 0.6) is 0 Å². The van der Waals surface area contributed by atoms with Gasteiger partial charge < -0.3 is 5.32 Å². The van der Waals surface area contributed by atoms with Gasteiger partial charge in [-0.1, -0.05) is 12.1 Å². The van der Waals surface area contributed by atoms with Crippen molar-refractivity contribution in [3.05, 3.63) is 39.4 Å². The average Bonchev–Trinajstić information content (AvgIpc) is 2.35. The topological polar surface area (TPSA) is 79.6 Å². The summed E-state index contributed by atoms with van der Waals surface area (Å²) in [6, 6.07) is 4.98. The fourth-order valence-corrected chi connectivity index (χ4v) is 1.33. The summed E-state index contributed by atoms with van der Waals surface area (Å²) in [5, 5.41) is 18.0. The first-order chi connectivity index (χ1) is 8.45. The summed E-state index contributed by atoms with van der Waals surface area (Å²) in [5.41, 5.74) is 4.64. The van der Waals surface area contributed by atoms with Crippen molar-refractivity contribution >= 4 is 28.7 Å². The summed E-state index contributed by atoms with van der Waals surface area (Å²) >= 11 is 4.87. The molecule has 0 radical (unpaired) electrons. The monoisotopic (exact) mass is 266 g/mol. The zero-order valence-electron chi connectivity index (χ0n) is 10.4. The summed E-state index contributed by atoms with van der Waals surface area (Å²) in [4.78, 5) is 10.4. The van der Waals surface area contributed by atoms with Crippen molar-refractivity contribution in [2.24, 2.45) is 5.10 Å². The number of rotatable bonds is 3. The van der Waals surface area contributed by atoms with Gasteiger partial charge in [-0.2, -0.15) is 5.10 Å². The Morgan fingerprint density at radius 1 is 1.50 bits per heavy atom. The van der Waals surface area contributed by atoms with Crippen LogP contribution in [0.4, 0.5) is 5.69 Å². The molecule has 0 bridgehead atoms. The molecule has 0 aromatic heterocycles. The van der Waals surface area contributed by atoms with Crippen molar-refractivity contribution < 1.29 is 4.92 Å². The van der Waals surface area contributed by atoms with E-state index in [1.807, 2.05) is 0 Å². The zero-order valence-corrected chi connectivity index (χ0v) is 11.2. The summed E-state index contributed by atoms with van der Waals surface area (Å²) in [7, 11) is 1.68. The van der Waals surface area contributed by atoms with E-state index < -0.39 is 4.92 Å². The lowest BCUT2D eigenvalue weighted by atomic mass is 10.1. The van der Waals surface area contributed by atoms with Crippen molar-refractivity contribution in [1.29, 1.82) is 0 Å². The van der Waals surface area contributed by atoms with E-state index in [0.29, 0.717) is 22.0 Å². The van der Waals surface area contributed by atoms with Gasteiger partial charge in [-0.3, -0.25) is 15.5 Å². The van der Waals surface area contributed by atoms with Crippen molar-refractivity contribution in [3.8, 4) is 0 Å². The van der Waals surface area contributed by atoms with Crippen LogP contribution in [-0.2, 0) is 0 Å². The molecule has 0 saturated carbocycles. The third-order valence-corrected chi connectivity index (χ3v) is 2.67. The Morgan fingerprint density at radius 3 is 2.72 bits per heavy atom. The van der Waals surface area contributed by atoms with Gasteiger partial charge in [0.2, 0.25) is 0 Å². The van der Waals surface area contributed by atoms with Crippen LogP contribution < -0.4 is 10.7 Å². The summed E-state index contributed by atoms with van der Waals surface area (Å²) in [6.45, 7) is 3.45. The first-order valence-corrected chi connectivity index (χ1v) is 5.64. The molecule has 0 atom stereocenters. The number of nitrogens with one attached hydrogen (secondary N) is 2. The molecule has 0 aliphatic carbocycles. The predicted octanol–water partition coefficient (Wildman–Crippen LogP) is 1.72. The molecule has 0 aliphatic heterocycles. The summed E-state index contributed by atoms with van der Waals surface area (Å²) in [5.74, 6) is 0. The molecule has 2 N–H and O–H groups in total. The molecule has 18 heavy (non-hydrogen) atoms. The fraction of sp³-hybridized carbons (Fsp3) is 0.273. The molecule has 96 valence electrons. The molecular formula is C11H14N4O2S. The number of aryl methyl sites for hydroxylation is 1. The van der Waals surface area contributed by atoms with Gasteiger partial charge in [0.1, 0.15) is 0 Å². The molecule has 0 aliphatic rings. The van der Waals surface area contributed by atoms with Crippen molar-refractivity contribution in [2.45, 2.75) is 13.8 Å². The number of benzene rings is 1. The maximum atomic E-state index is 10.8. The largest absolute Gasteiger partial charge is 0.364 e. The normalized spacial score (nSPS) is 10.9. The standard InChI is InChI=1S/C11H14N4O2S/c1-7-4-5-9(6-10(7)15(16)17)8(2)13-14-11(18)12-3/h4-6H,1-3H3,(H2,12,14,18)/b13-8+. The molecule has 1 rings (SSSR count). The minimum absolute atomic E-state index is 0.0817. The van der Waals surface area contributed by atoms with Gasteiger partial charge in [0, 0.05) is 24.2 Å². The molecule has 0 heterocycles. The van der Waals surface area contributed by atoms with E-state index in [1.165, 1.54) is 6.07 Å². The number of nitro groups is 1. The Labute approximate surface area is 110 Å². The van der Waals surface area contributed by atoms with E-state index >= 15 is 0 Å². The van der Waals surface area contributed by atoms with Crippen LogP contribution in [0.3, 0.4) is 0 Å². The highest BCUT2D eigenvalue weighted by molar-refractivity contribution is 7.80. The van der Waals surface area contributed by atoms with Crippen LogP contribution in [0.1, 0.15) is 18.1 Å². The molecule has 0 amide bonds. The Morgan fingerprint density at radius 2 is 2.17 bits per heavy atom. The number of hydrogen-bond acceptors (Lipinski definition) is 4. The molecule has 1 aromatic carbocycles. The fourth-order valence-electron chi connectivity index (χ4n) is 1.29. The number of hydrazone groups is 1. The Bertz CT molecular complexity index is 514. The molecule has 0 saturated heterocycles. The van der Waals surface area contributed by atoms with Crippen molar-refractivity contribution in [2.75, 3.05) is 7.05 Å². The Kier molecular flexibility index (Phi) is 4.73. The molecule has 0 fully saturated rings. The third kappa shape index (κ3) is 3.49. The van der Waals surface area contributed by atoms with E-state index in [2.05, 4.69) is 15.8 Å². The second-order valence-electron chi connectivity index (χ2n) is 3.65. The highest BCUT2D eigenvalue weighted by Crippen LogP contribution is 2.19. The van der Waals surface area contributed by atoms with E-state index in [9.17, 15) is 10.1 Å². The molecular weight excluding hydrogens is 252 g/mol. The minimum atomic E-state index is -0.405. The molecule has 0 spiro atoms. The van der Waals surface area contributed by atoms with Gasteiger partial charge in [0.25, 0.3) is 5.69 Å². The number of thiocarbonyl (C=S) groups is 1. The predicted molar refractivity (Wildman–Crippen MR) is 74.8 cm³/mol. The van der Waals surface area contributed by atoms with Gasteiger partial charge in [-0.25, -0.2) is 0 Å². The highest BCUT2D eigenvalue weighted by Gasteiger charge is 2.12. The van der Waals surface area contributed by atoms with Gasteiger partial charge in [-0.15, -0.1) is 0 Å². The number of nitrogens with zero attached hydrogens (tertiary/aromatic N) is 2. The Balaban J connectivity index is 2.99. The van der Waals surface area contributed by atoms with Crippen LogP contribution in [0.15, 0.2) is 23.3 Å². The van der Waals surface area contributed by atoms with E-state index in [-0.39, 0.29) is 5.69 Å². The number of hydrogen-bond donors (Lipinski definition) is 2. The van der Waals surface area contributed by atoms with E-state index in [0.717, 1.165) is 0 Å². The number of nitro benzene ring substituents is 1. The zero-order chi connectivity index (χ0) is 13.7. The summed E-state index contributed by atoms with van der Waals surface area (Å²) < 4.78 is 0. The van der Waals surface area contributed by atoms with Crippen molar-refractivity contribution in [3.63, 3.8) is 0 Å². The lowest BCUT2D eigenvalue weighted by Gasteiger charge is -2.05. The van der Waals surface area contributed by atoms with E-state index in [1.54, 1.807) is 33.0 Å². The summed E-state index contributed by atoms with van der Waals surface area (Å²) in [6.07, 6.45) is 0. The third-order valence-electron chi connectivity index (χ3n) is 2.38. The Hall–Kier alpha value is -2.02. The second kappa shape index (κ2) is 6.06. The minimum Gasteiger partial charge on any atom is -0.364 e. The first kappa shape index (κ1) is 14.0. The lowest BCUT2D eigenvalue weighted by molar-refractivity contribution is -0.385. The van der Waals surface area contributed by atoms with Crippen LogP contribution in [0, 0.1) is 17.0 Å². The maximum absolute atomic E-state index is 10.8. The van der Waals surface area contributed by atoms with Crippen LogP contribution in [0.2, 0.25) is 0 Å². The molecule has 0 unspecified atom stereocenters. The van der Waals surface area contributed by atoms with Crippen molar-refractivity contribution in [1.82, 2.24) is 10.7 Å². The van der Waals surface area contributed by atoms with Crippen LogP contribution in [-0.4, -0.2) is 22.8 Å². The SMILES string of the molecule is CNC(=S)N/N=C(\C)c1ccc(C)c([N+](=O)[O-])c1.